The number of aryl methyl sites for hydroxylation is 1. The lowest BCUT2D eigenvalue weighted by atomic mass is 9.93. The van der Waals surface area contributed by atoms with Gasteiger partial charge in [-0.25, -0.2) is 0 Å². The van der Waals surface area contributed by atoms with Crippen LogP contribution in [-0.2, 0) is 21.7 Å². The molecule has 4 heteroatoms. The Morgan fingerprint density at radius 2 is 1.24 bits per heavy atom. The standard InChI is InChI=1S/C9H14S.C8H13N.C8H12O.C8H12S/c1-7-5-6-8(10-7)9(2,3)4;3*1-8(2,3)7-5-4-6-9-7/h5-6H,1-4H3;4-6,9H,1-3H3;2*4-6H,1-3H3. The van der Waals surface area contributed by atoms with Crippen molar-refractivity contribution in [2.45, 2.75) is 112 Å². The molecule has 0 spiro atoms. The maximum Gasteiger partial charge on any atom is 0.109 e. The molecule has 0 saturated heterocycles. The monoisotopic (exact) mass is 541 g/mol. The SMILES string of the molecule is CC(C)(C)c1ccc[nH]1.CC(C)(C)c1ccco1.CC(C)(C)c1cccs1.Cc1ccc(C(C)(C)C)s1. The maximum atomic E-state index is 5.20. The van der Waals surface area contributed by atoms with Gasteiger partial charge in [0.2, 0.25) is 0 Å². The van der Waals surface area contributed by atoms with Gasteiger partial charge in [0.05, 0.1) is 6.26 Å². The minimum absolute atomic E-state index is 0.156. The zero-order chi connectivity index (χ0) is 28.5. The Kier molecular flexibility index (Phi) is 12.2. The number of aromatic nitrogens is 1. The van der Waals surface area contributed by atoms with E-state index in [-0.39, 0.29) is 10.8 Å². The fourth-order valence-corrected chi connectivity index (χ4v) is 4.78. The van der Waals surface area contributed by atoms with Crippen LogP contribution in [-0.4, -0.2) is 4.98 Å². The molecule has 0 radical (unpaired) electrons. The van der Waals surface area contributed by atoms with E-state index in [4.69, 9.17) is 4.42 Å². The number of H-pyrrole nitrogens is 1. The van der Waals surface area contributed by atoms with Crippen molar-refractivity contribution >= 4 is 22.7 Å². The zero-order valence-electron chi connectivity index (χ0n) is 25.6. The molecule has 0 amide bonds. The van der Waals surface area contributed by atoms with Gasteiger partial charge in [-0.15, -0.1) is 22.7 Å². The van der Waals surface area contributed by atoms with Gasteiger partial charge in [-0.2, -0.15) is 0 Å². The second-order valence-corrected chi connectivity index (χ2v) is 15.7. The summed E-state index contributed by atoms with van der Waals surface area (Å²) in [6.45, 7) is 28.6. The van der Waals surface area contributed by atoms with Crippen molar-refractivity contribution in [3.05, 3.63) is 92.5 Å². The second kappa shape index (κ2) is 13.7. The molecule has 0 saturated carbocycles. The van der Waals surface area contributed by atoms with E-state index in [1.165, 1.54) is 20.3 Å². The lowest BCUT2D eigenvalue weighted by molar-refractivity contribution is 0.409. The van der Waals surface area contributed by atoms with Crippen molar-refractivity contribution in [2.24, 2.45) is 0 Å². The number of hydrogen-bond donors (Lipinski definition) is 1. The second-order valence-electron chi connectivity index (χ2n) is 13.4. The van der Waals surface area contributed by atoms with Gasteiger partial charge in [-0.3, -0.25) is 0 Å². The quantitative estimate of drug-likeness (QED) is 0.236. The van der Waals surface area contributed by atoms with Gasteiger partial charge >= 0.3 is 0 Å². The third-order valence-electron chi connectivity index (χ3n) is 5.41. The van der Waals surface area contributed by atoms with Crippen LogP contribution < -0.4 is 0 Å². The molecule has 0 fully saturated rings. The highest BCUT2D eigenvalue weighted by atomic mass is 32.1. The third kappa shape index (κ3) is 12.8. The number of thiophene rings is 2. The average Bonchev–Trinajstić information content (AvgIpc) is 3.56. The Morgan fingerprint density at radius 3 is 1.46 bits per heavy atom. The molecular formula is C33H51NOS2. The minimum Gasteiger partial charge on any atom is -0.469 e. The lowest BCUT2D eigenvalue weighted by Gasteiger charge is -2.15. The molecule has 0 atom stereocenters. The normalized spacial score (nSPS) is 11.9. The van der Waals surface area contributed by atoms with Crippen LogP contribution in [0.25, 0.3) is 0 Å². The molecule has 0 unspecified atom stereocenters. The predicted molar refractivity (Wildman–Crippen MR) is 168 cm³/mol. The van der Waals surface area contributed by atoms with Crippen molar-refractivity contribution in [1.82, 2.24) is 4.98 Å². The molecule has 2 nitrogen and oxygen atoms in total. The first-order valence-corrected chi connectivity index (χ1v) is 14.8. The van der Waals surface area contributed by atoms with Gasteiger partial charge in [0, 0.05) is 37.4 Å². The van der Waals surface area contributed by atoms with Crippen molar-refractivity contribution in [3.8, 4) is 0 Å². The van der Waals surface area contributed by atoms with E-state index in [1.807, 2.05) is 47.1 Å². The third-order valence-corrected chi connectivity index (χ3v) is 8.13. The first kappa shape index (κ1) is 33.0. The van der Waals surface area contributed by atoms with Crippen molar-refractivity contribution in [2.75, 3.05) is 0 Å². The number of furan rings is 1. The molecule has 4 rings (SSSR count). The maximum absolute atomic E-state index is 5.20. The van der Waals surface area contributed by atoms with E-state index in [2.05, 4.69) is 131 Å². The highest BCUT2D eigenvalue weighted by Crippen LogP contribution is 2.29. The molecule has 0 bridgehead atoms. The zero-order valence-corrected chi connectivity index (χ0v) is 27.2. The van der Waals surface area contributed by atoms with Gasteiger partial charge in [-0.1, -0.05) is 89.2 Å². The summed E-state index contributed by atoms with van der Waals surface area (Å²) >= 11 is 3.72. The van der Waals surface area contributed by atoms with Gasteiger partial charge in [0.15, 0.2) is 0 Å². The summed E-state index contributed by atoms with van der Waals surface area (Å²) in [5, 5.41) is 2.13. The van der Waals surface area contributed by atoms with Crippen LogP contribution in [0, 0.1) is 6.92 Å². The summed E-state index contributed by atoms with van der Waals surface area (Å²) in [4.78, 5) is 7.52. The Hall–Kier alpha value is -2.04. The average molecular weight is 542 g/mol. The van der Waals surface area contributed by atoms with E-state index >= 15 is 0 Å². The van der Waals surface area contributed by atoms with Crippen molar-refractivity contribution in [3.63, 3.8) is 0 Å². The van der Waals surface area contributed by atoms with Gasteiger partial charge in [0.1, 0.15) is 5.76 Å². The molecule has 206 valence electrons. The Morgan fingerprint density at radius 1 is 0.622 bits per heavy atom. The number of nitrogens with one attached hydrogen (secondary N) is 1. The molecule has 0 aliphatic heterocycles. The lowest BCUT2D eigenvalue weighted by Crippen LogP contribution is -2.10. The highest BCUT2D eigenvalue weighted by molar-refractivity contribution is 7.12. The molecule has 1 N–H and O–H groups in total. The fourth-order valence-electron chi connectivity index (χ4n) is 3.05. The van der Waals surface area contributed by atoms with Gasteiger partial charge in [0.25, 0.3) is 0 Å². The van der Waals surface area contributed by atoms with E-state index in [0.29, 0.717) is 10.8 Å². The molecule has 4 heterocycles. The van der Waals surface area contributed by atoms with E-state index in [9.17, 15) is 0 Å². The predicted octanol–water partition coefficient (Wildman–Crippen LogP) is 11.3. The molecule has 4 aromatic heterocycles. The van der Waals surface area contributed by atoms with Crippen LogP contribution in [0.15, 0.2) is 70.8 Å². The number of rotatable bonds is 0. The van der Waals surface area contributed by atoms with Crippen LogP contribution in [0.3, 0.4) is 0 Å². The van der Waals surface area contributed by atoms with E-state index in [0.717, 1.165) is 5.76 Å². The summed E-state index contributed by atoms with van der Waals surface area (Å²) in [6, 6.07) is 16.8. The summed E-state index contributed by atoms with van der Waals surface area (Å²) in [5.74, 6) is 1.04. The van der Waals surface area contributed by atoms with Crippen LogP contribution in [0.2, 0.25) is 0 Å². The van der Waals surface area contributed by atoms with E-state index in [1.54, 1.807) is 6.26 Å². The van der Waals surface area contributed by atoms with Gasteiger partial charge in [-0.05, 0) is 65.6 Å². The fraction of sp³-hybridized carbons (Fsp3) is 0.515. The van der Waals surface area contributed by atoms with Crippen LogP contribution in [0.4, 0.5) is 0 Å². The molecular weight excluding hydrogens is 491 g/mol. The number of aromatic amines is 1. The first-order valence-electron chi connectivity index (χ1n) is 13.1. The Labute approximate surface area is 235 Å². The first-order chi connectivity index (χ1) is 16.8. The van der Waals surface area contributed by atoms with Crippen LogP contribution >= 0.6 is 22.7 Å². The summed E-state index contributed by atoms with van der Waals surface area (Å²) in [7, 11) is 0. The smallest absolute Gasteiger partial charge is 0.109 e. The van der Waals surface area contributed by atoms with Crippen molar-refractivity contribution in [1.29, 1.82) is 0 Å². The minimum atomic E-state index is 0.156. The summed E-state index contributed by atoms with van der Waals surface area (Å²) in [5.41, 5.74) is 2.39. The Balaban J connectivity index is 0.000000247. The van der Waals surface area contributed by atoms with Crippen LogP contribution in [0.1, 0.15) is 109 Å². The summed E-state index contributed by atoms with van der Waals surface area (Å²) in [6.07, 6.45) is 3.67. The molecule has 37 heavy (non-hydrogen) atoms. The largest absolute Gasteiger partial charge is 0.469 e. The molecule has 0 aromatic carbocycles. The molecule has 4 aromatic rings. The summed E-state index contributed by atoms with van der Waals surface area (Å²) < 4.78 is 5.20. The van der Waals surface area contributed by atoms with Gasteiger partial charge < -0.3 is 9.40 Å². The van der Waals surface area contributed by atoms with Crippen molar-refractivity contribution < 1.29 is 4.42 Å². The number of hydrogen-bond acceptors (Lipinski definition) is 3. The van der Waals surface area contributed by atoms with Crippen LogP contribution in [0.5, 0.6) is 0 Å². The molecule has 0 aliphatic rings. The molecule has 0 aliphatic carbocycles. The Bertz CT molecular complexity index is 982. The highest BCUT2D eigenvalue weighted by Gasteiger charge is 2.16. The van der Waals surface area contributed by atoms with E-state index < -0.39 is 0 Å². The topological polar surface area (TPSA) is 28.9 Å².